The molecule has 2 aliphatic carbocycles. The molecular formula is C33H36Cl2N2O5. The second kappa shape index (κ2) is 11.1. The van der Waals surface area contributed by atoms with E-state index in [4.69, 9.17) is 32.7 Å². The smallest absolute Gasteiger partial charge is 0.262 e. The summed E-state index contributed by atoms with van der Waals surface area (Å²) in [5.41, 5.74) is 3.96. The molecule has 2 aromatic rings. The number of ketones is 2. The highest BCUT2D eigenvalue weighted by molar-refractivity contribution is 6.33. The molecule has 5 rings (SSSR count). The second-order valence-electron chi connectivity index (χ2n) is 12.9. The fourth-order valence-electron chi connectivity index (χ4n) is 6.43. The van der Waals surface area contributed by atoms with Gasteiger partial charge in [0, 0.05) is 48.3 Å². The van der Waals surface area contributed by atoms with Crippen molar-refractivity contribution in [3.8, 4) is 11.5 Å². The monoisotopic (exact) mass is 610 g/mol. The van der Waals surface area contributed by atoms with Gasteiger partial charge in [-0.05, 0) is 53.5 Å². The number of amides is 1. The van der Waals surface area contributed by atoms with Crippen molar-refractivity contribution in [2.75, 3.05) is 26.1 Å². The fraction of sp³-hybridized carbons (Fsp3) is 0.424. The van der Waals surface area contributed by atoms with Crippen molar-refractivity contribution in [1.29, 1.82) is 0 Å². The number of carbonyl (C=O) groups excluding carboxylic acids is 3. The van der Waals surface area contributed by atoms with E-state index in [-0.39, 0.29) is 39.8 Å². The molecule has 1 aliphatic heterocycles. The van der Waals surface area contributed by atoms with Gasteiger partial charge >= 0.3 is 0 Å². The van der Waals surface area contributed by atoms with Gasteiger partial charge in [-0.2, -0.15) is 0 Å². The van der Waals surface area contributed by atoms with Crippen LogP contribution in [0.2, 0.25) is 10.0 Å². The van der Waals surface area contributed by atoms with E-state index >= 15 is 0 Å². The molecule has 0 unspecified atom stereocenters. The van der Waals surface area contributed by atoms with Crippen molar-refractivity contribution in [2.45, 2.75) is 59.3 Å². The Hall–Kier alpha value is -3.29. The van der Waals surface area contributed by atoms with Crippen molar-refractivity contribution >= 4 is 46.4 Å². The lowest BCUT2D eigenvalue weighted by atomic mass is 9.63. The summed E-state index contributed by atoms with van der Waals surface area (Å²) in [6.45, 7) is 8.08. The predicted octanol–water partition coefficient (Wildman–Crippen LogP) is 7.33. The van der Waals surface area contributed by atoms with E-state index in [1.807, 2.05) is 7.05 Å². The minimum absolute atomic E-state index is 0.0361. The number of allylic oxidation sites excluding steroid dienone is 4. The maximum atomic E-state index is 13.8. The first-order valence-electron chi connectivity index (χ1n) is 14.0. The minimum Gasteiger partial charge on any atom is -0.493 e. The molecule has 3 aliphatic rings. The van der Waals surface area contributed by atoms with Crippen LogP contribution in [0, 0.1) is 10.8 Å². The molecule has 222 valence electrons. The van der Waals surface area contributed by atoms with E-state index in [9.17, 15) is 14.4 Å². The van der Waals surface area contributed by atoms with Crippen molar-refractivity contribution < 1.29 is 23.9 Å². The van der Waals surface area contributed by atoms with Crippen LogP contribution in [0.25, 0.3) is 0 Å². The first kappa shape index (κ1) is 30.2. The molecule has 2 aromatic carbocycles. The maximum absolute atomic E-state index is 13.8. The summed E-state index contributed by atoms with van der Waals surface area (Å²) < 4.78 is 11.5. The van der Waals surface area contributed by atoms with Gasteiger partial charge in [0.05, 0.1) is 22.8 Å². The lowest BCUT2D eigenvalue weighted by molar-refractivity contribution is -0.120. The quantitative estimate of drug-likeness (QED) is 0.368. The number of para-hydroxylation sites is 1. The second-order valence-corrected chi connectivity index (χ2v) is 13.8. The Bertz CT molecular complexity index is 1500. The molecule has 0 atom stereocenters. The maximum Gasteiger partial charge on any atom is 0.262 e. The first-order chi connectivity index (χ1) is 19.7. The molecule has 42 heavy (non-hydrogen) atoms. The van der Waals surface area contributed by atoms with Gasteiger partial charge in [-0.25, -0.2) is 0 Å². The average Bonchev–Trinajstić information content (AvgIpc) is 2.89. The van der Waals surface area contributed by atoms with E-state index in [1.54, 1.807) is 36.4 Å². The fourth-order valence-corrected chi connectivity index (χ4v) is 6.89. The number of methoxy groups -OCH3 is 1. The Kier molecular flexibility index (Phi) is 7.96. The number of hydrogen-bond donors (Lipinski definition) is 1. The molecule has 1 amide bonds. The van der Waals surface area contributed by atoms with Crippen molar-refractivity contribution in [2.24, 2.45) is 10.8 Å². The van der Waals surface area contributed by atoms with Gasteiger partial charge in [0.25, 0.3) is 5.91 Å². The number of anilines is 1. The van der Waals surface area contributed by atoms with Crippen LogP contribution >= 0.6 is 23.2 Å². The van der Waals surface area contributed by atoms with Crippen LogP contribution in [0.1, 0.15) is 64.9 Å². The summed E-state index contributed by atoms with van der Waals surface area (Å²) in [4.78, 5) is 42.3. The van der Waals surface area contributed by atoms with Crippen LogP contribution in [0.5, 0.6) is 11.5 Å². The molecule has 0 saturated carbocycles. The number of hydrogen-bond acceptors (Lipinski definition) is 6. The van der Waals surface area contributed by atoms with Gasteiger partial charge in [0.15, 0.2) is 29.7 Å². The standard InChI is InChI=1S/C33H36Cl2N2O5/c1-32(2)13-22-29(24(38)15-32)28(30-23(37(22)5)14-33(3,4)16-25(30)39)18-11-20(35)31(26(12-18)41-6)42-17-27(40)36-21-10-8-7-9-19(21)34/h7-12,28H,13-17H2,1-6H3,(H,36,40). The highest BCUT2D eigenvalue weighted by atomic mass is 35.5. The van der Waals surface area contributed by atoms with E-state index in [0.29, 0.717) is 46.0 Å². The van der Waals surface area contributed by atoms with Gasteiger partial charge in [-0.15, -0.1) is 0 Å². The van der Waals surface area contributed by atoms with Crippen LogP contribution in [0.4, 0.5) is 5.69 Å². The van der Waals surface area contributed by atoms with Crippen LogP contribution in [0.15, 0.2) is 58.9 Å². The zero-order valence-corrected chi connectivity index (χ0v) is 26.3. The number of rotatable bonds is 6. The summed E-state index contributed by atoms with van der Waals surface area (Å²) in [7, 11) is 3.46. The number of benzene rings is 2. The number of halogens is 2. The molecule has 1 heterocycles. The number of carbonyl (C=O) groups is 3. The Labute approximate surface area is 256 Å². The Morgan fingerprint density at radius 1 is 0.929 bits per heavy atom. The van der Waals surface area contributed by atoms with Gasteiger partial charge in [0.1, 0.15) is 0 Å². The molecule has 0 spiro atoms. The van der Waals surface area contributed by atoms with Crippen molar-refractivity contribution in [3.63, 3.8) is 0 Å². The summed E-state index contributed by atoms with van der Waals surface area (Å²) in [5.74, 6) is -0.416. The SMILES string of the molecule is COc1cc(C2C3=C(CC(C)(C)CC3=O)N(C)C3=C2C(=O)CC(C)(C)C3)cc(Cl)c1OCC(=O)Nc1ccccc1Cl. The third-order valence-electron chi connectivity index (χ3n) is 8.26. The number of nitrogens with zero attached hydrogens (tertiary/aromatic N) is 1. The third-order valence-corrected chi connectivity index (χ3v) is 8.87. The van der Waals surface area contributed by atoms with E-state index in [0.717, 1.165) is 24.2 Å². The zero-order chi connectivity index (χ0) is 30.6. The lowest BCUT2D eigenvalue weighted by Gasteiger charge is -2.48. The number of Topliss-reactive ketones (excluding diaryl/α,β-unsaturated/α-hetero) is 2. The molecule has 0 radical (unpaired) electrons. The summed E-state index contributed by atoms with van der Waals surface area (Å²) >= 11 is 12.9. The van der Waals surface area contributed by atoms with Crippen molar-refractivity contribution in [3.05, 3.63) is 74.5 Å². The normalized spacial score (nSPS) is 19.9. The largest absolute Gasteiger partial charge is 0.493 e. The number of nitrogens with one attached hydrogen (secondary N) is 1. The molecule has 0 bridgehead atoms. The van der Waals surface area contributed by atoms with Crippen molar-refractivity contribution in [1.82, 2.24) is 4.90 Å². The Morgan fingerprint density at radius 2 is 1.50 bits per heavy atom. The first-order valence-corrected chi connectivity index (χ1v) is 14.8. The predicted molar refractivity (Wildman–Crippen MR) is 164 cm³/mol. The molecule has 0 aromatic heterocycles. The van der Waals surface area contributed by atoms with E-state index in [2.05, 4.69) is 37.9 Å². The van der Waals surface area contributed by atoms with Gasteiger partial charge in [-0.1, -0.05) is 63.0 Å². The van der Waals surface area contributed by atoms with E-state index < -0.39 is 11.8 Å². The average molecular weight is 612 g/mol. The van der Waals surface area contributed by atoms with Gasteiger partial charge in [0.2, 0.25) is 0 Å². The molecular weight excluding hydrogens is 575 g/mol. The van der Waals surface area contributed by atoms with Crippen LogP contribution in [-0.2, 0) is 14.4 Å². The van der Waals surface area contributed by atoms with Crippen LogP contribution in [0.3, 0.4) is 0 Å². The molecule has 7 nitrogen and oxygen atoms in total. The van der Waals surface area contributed by atoms with Crippen LogP contribution < -0.4 is 14.8 Å². The molecule has 0 fully saturated rings. The third kappa shape index (κ3) is 5.69. The van der Waals surface area contributed by atoms with Gasteiger partial charge < -0.3 is 19.7 Å². The zero-order valence-electron chi connectivity index (χ0n) is 24.8. The number of ether oxygens (including phenoxy) is 2. The lowest BCUT2D eigenvalue weighted by Crippen LogP contribution is -2.43. The molecule has 0 saturated heterocycles. The topological polar surface area (TPSA) is 84.9 Å². The summed E-state index contributed by atoms with van der Waals surface area (Å²) in [6, 6.07) is 10.4. The molecule has 9 heteroatoms. The minimum atomic E-state index is -0.567. The summed E-state index contributed by atoms with van der Waals surface area (Å²) in [6.07, 6.45) is 2.23. The summed E-state index contributed by atoms with van der Waals surface area (Å²) in [5, 5.41) is 3.34. The van der Waals surface area contributed by atoms with E-state index in [1.165, 1.54) is 7.11 Å². The van der Waals surface area contributed by atoms with Gasteiger partial charge in [-0.3, -0.25) is 14.4 Å². The Morgan fingerprint density at radius 3 is 2.05 bits per heavy atom. The highest BCUT2D eigenvalue weighted by Crippen LogP contribution is 2.55. The molecule has 1 N–H and O–H groups in total. The van der Waals surface area contributed by atoms with Crippen LogP contribution in [-0.4, -0.2) is 43.1 Å². The Balaban J connectivity index is 1.54. The highest BCUT2D eigenvalue weighted by Gasteiger charge is 2.48.